The highest BCUT2D eigenvalue weighted by atomic mass is 16.5. The molecule has 0 aliphatic rings. The van der Waals surface area contributed by atoms with Crippen molar-refractivity contribution in [3.63, 3.8) is 0 Å². The Morgan fingerprint density at radius 2 is 2.00 bits per heavy atom. The summed E-state index contributed by atoms with van der Waals surface area (Å²) in [5, 5.41) is 11.9. The molecule has 0 fully saturated rings. The summed E-state index contributed by atoms with van der Waals surface area (Å²) in [5.74, 6) is 0.170. The summed E-state index contributed by atoms with van der Waals surface area (Å²) in [6, 6.07) is 7.18. The highest BCUT2D eigenvalue weighted by molar-refractivity contribution is 5.80. The number of furan rings is 1. The first-order valence-corrected chi connectivity index (χ1v) is 9.06. The van der Waals surface area contributed by atoms with E-state index in [1.807, 2.05) is 24.3 Å². The Balaban J connectivity index is 2.01. The van der Waals surface area contributed by atoms with Gasteiger partial charge in [-0.2, -0.15) is 0 Å². The van der Waals surface area contributed by atoms with Gasteiger partial charge in [0.1, 0.15) is 11.3 Å². The molecule has 1 atom stereocenters. The lowest BCUT2D eigenvalue weighted by Crippen LogP contribution is -2.30. The molecule has 0 aliphatic carbocycles. The molecule has 1 aromatic heterocycles. The van der Waals surface area contributed by atoms with Gasteiger partial charge in [0.2, 0.25) is 5.91 Å². The van der Waals surface area contributed by atoms with Crippen molar-refractivity contribution < 1.29 is 24.0 Å². The zero-order valence-corrected chi connectivity index (χ0v) is 15.7. The van der Waals surface area contributed by atoms with E-state index in [0.29, 0.717) is 6.42 Å². The van der Waals surface area contributed by atoms with Crippen molar-refractivity contribution in [1.82, 2.24) is 5.06 Å². The number of hydrogen-bond acceptors (Lipinski definition) is 5. The van der Waals surface area contributed by atoms with Crippen LogP contribution < -0.4 is 0 Å². The van der Waals surface area contributed by atoms with Gasteiger partial charge in [0, 0.05) is 24.6 Å². The average molecular weight is 361 g/mol. The molecule has 6 heteroatoms. The topological polar surface area (TPSA) is 80.0 Å². The van der Waals surface area contributed by atoms with E-state index in [9.17, 15) is 14.8 Å². The summed E-state index contributed by atoms with van der Waals surface area (Å²) in [7, 11) is 1.31. The fourth-order valence-electron chi connectivity index (χ4n) is 2.81. The van der Waals surface area contributed by atoms with E-state index in [-0.39, 0.29) is 18.8 Å². The van der Waals surface area contributed by atoms with Gasteiger partial charge < -0.3 is 9.15 Å². The number of hydroxylamine groups is 2. The quantitative estimate of drug-likeness (QED) is 0.407. The van der Waals surface area contributed by atoms with Crippen molar-refractivity contribution in [1.29, 1.82) is 0 Å². The van der Waals surface area contributed by atoms with Gasteiger partial charge in [-0.3, -0.25) is 14.8 Å². The van der Waals surface area contributed by atoms with Crippen LogP contribution in [0.5, 0.6) is 0 Å². The second-order valence-electron chi connectivity index (χ2n) is 6.46. The highest BCUT2D eigenvalue weighted by Crippen LogP contribution is 2.27. The number of nitrogens with zero attached hydrogens (tertiary/aromatic N) is 1. The number of rotatable bonds is 9. The molecule has 0 saturated carbocycles. The zero-order chi connectivity index (χ0) is 19.1. The Bertz CT molecular complexity index is 752. The first kappa shape index (κ1) is 20.0. The van der Waals surface area contributed by atoms with Gasteiger partial charge in [-0.1, -0.05) is 19.4 Å². The van der Waals surface area contributed by atoms with E-state index in [1.165, 1.54) is 7.11 Å². The standard InChI is InChI=1S/C20H27NO5/c1-4-5-7-17-13-16-12-15(10-11-18(16)26-17)14(2)21(24)19(22)8-6-9-20(23)25-3/h10-14,24H,4-9H2,1-3H3. The number of benzene rings is 1. The van der Waals surface area contributed by atoms with Gasteiger partial charge in [-0.15, -0.1) is 0 Å². The third-order valence-electron chi connectivity index (χ3n) is 4.47. The predicted octanol–water partition coefficient (Wildman–Crippen LogP) is 4.40. The van der Waals surface area contributed by atoms with Gasteiger partial charge in [0.25, 0.3) is 0 Å². The lowest BCUT2D eigenvalue weighted by atomic mass is 10.1. The lowest BCUT2D eigenvalue weighted by molar-refractivity contribution is -0.175. The molecule has 26 heavy (non-hydrogen) atoms. The van der Waals surface area contributed by atoms with Crippen molar-refractivity contribution in [2.75, 3.05) is 7.11 Å². The minimum atomic E-state index is -0.487. The van der Waals surface area contributed by atoms with Crippen LogP contribution >= 0.6 is 0 Å². The van der Waals surface area contributed by atoms with Crippen molar-refractivity contribution in [3.05, 3.63) is 35.6 Å². The molecule has 1 N–H and O–H groups in total. The van der Waals surface area contributed by atoms with Crippen molar-refractivity contribution in [3.8, 4) is 0 Å². The maximum atomic E-state index is 12.1. The molecule has 1 amide bonds. The predicted molar refractivity (Wildman–Crippen MR) is 97.7 cm³/mol. The largest absolute Gasteiger partial charge is 0.469 e. The second-order valence-corrected chi connectivity index (χ2v) is 6.46. The Labute approximate surface area is 153 Å². The number of aryl methyl sites for hydroxylation is 1. The average Bonchev–Trinajstić information content (AvgIpc) is 3.06. The number of carbonyl (C=O) groups excluding carboxylic acids is 2. The second kappa shape index (κ2) is 9.38. The minimum absolute atomic E-state index is 0.0884. The van der Waals surface area contributed by atoms with Crippen LogP contribution in [-0.2, 0) is 20.7 Å². The molecule has 2 aromatic rings. The molecule has 1 heterocycles. The summed E-state index contributed by atoms with van der Waals surface area (Å²) >= 11 is 0. The van der Waals surface area contributed by atoms with E-state index in [4.69, 9.17) is 4.42 Å². The Kier molecular flexibility index (Phi) is 7.21. The highest BCUT2D eigenvalue weighted by Gasteiger charge is 2.20. The Morgan fingerprint density at radius 3 is 2.69 bits per heavy atom. The van der Waals surface area contributed by atoms with Gasteiger partial charge in [-0.05, 0) is 43.5 Å². The zero-order valence-electron chi connectivity index (χ0n) is 15.7. The van der Waals surface area contributed by atoms with Crippen LogP contribution in [-0.4, -0.2) is 29.3 Å². The fourth-order valence-corrected chi connectivity index (χ4v) is 2.81. The number of fused-ring (bicyclic) bond motifs is 1. The van der Waals surface area contributed by atoms with Crippen LogP contribution in [0.15, 0.2) is 28.7 Å². The molecule has 0 spiro atoms. The van der Waals surface area contributed by atoms with Crippen molar-refractivity contribution >= 4 is 22.8 Å². The number of methoxy groups -OCH3 is 1. The van der Waals surface area contributed by atoms with Crippen LogP contribution in [0.25, 0.3) is 11.0 Å². The maximum absolute atomic E-state index is 12.1. The van der Waals surface area contributed by atoms with Crippen molar-refractivity contribution in [2.45, 2.75) is 58.4 Å². The summed E-state index contributed by atoms with van der Waals surface area (Å²) in [6.45, 7) is 3.90. The van der Waals surface area contributed by atoms with E-state index >= 15 is 0 Å². The SMILES string of the molecule is CCCCc1cc2cc(C(C)N(O)C(=O)CCCC(=O)OC)ccc2o1. The van der Waals surface area contributed by atoms with Gasteiger partial charge in [0.05, 0.1) is 13.2 Å². The molecular formula is C20H27NO5. The summed E-state index contributed by atoms with van der Waals surface area (Å²) < 4.78 is 10.4. The third-order valence-corrected chi connectivity index (χ3v) is 4.47. The van der Waals surface area contributed by atoms with E-state index in [1.54, 1.807) is 6.92 Å². The summed E-state index contributed by atoms with van der Waals surface area (Å²) in [6.07, 6.45) is 3.68. The number of unbranched alkanes of at least 4 members (excludes halogenated alkanes) is 1. The first-order chi connectivity index (χ1) is 12.5. The maximum Gasteiger partial charge on any atom is 0.305 e. The van der Waals surface area contributed by atoms with Crippen LogP contribution in [0.2, 0.25) is 0 Å². The van der Waals surface area contributed by atoms with E-state index < -0.39 is 11.9 Å². The minimum Gasteiger partial charge on any atom is -0.469 e. The number of carbonyl (C=O) groups is 2. The number of esters is 1. The molecule has 1 unspecified atom stereocenters. The van der Waals surface area contributed by atoms with Crippen LogP contribution in [0.3, 0.4) is 0 Å². The van der Waals surface area contributed by atoms with Gasteiger partial charge in [-0.25, -0.2) is 5.06 Å². The van der Waals surface area contributed by atoms with Gasteiger partial charge in [0.15, 0.2) is 0 Å². The molecule has 0 saturated heterocycles. The first-order valence-electron chi connectivity index (χ1n) is 9.06. The number of amides is 1. The molecular weight excluding hydrogens is 334 g/mol. The smallest absolute Gasteiger partial charge is 0.305 e. The molecule has 6 nitrogen and oxygen atoms in total. The van der Waals surface area contributed by atoms with E-state index in [0.717, 1.165) is 46.6 Å². The van der Waals surface area contributed by atoms with Crippen LogP contribution in [0.4, 0.5) is 0 Å². The normalized spacial score (nSPS) is 12.2. The third kappa shape index (κ3) is 5.08. The number of hydrogen-bond donors (Lipinski definition) is 1. The molecule has 1 aromatic carbocycles. The number of ether oxygens (including phenoxy) is 1. The van der Waals surface area contributed by atoms with Gasteiger partial charge >= 0.3 is 5.97 Å². The molecule has 2 rings (SSSR count). The fraction of sp³-hybridized carbons (Fsp3) is 0.500. The lowest BCUT2D eigenvalue weighted by Gasteiger charge is -2.23. The molecule has 0 bridgehead atoms. The molecule has 0 aliphatic heterocycles. The monoisotopic (exact) mass is 361 g/mol. The van der Waals surface area contributed by atoms with Crippen LogP contribution in [0, 0.1) is 0 Å². The Morgan fingerprint density at radius 1 is 1.23 bits per heavy atom. The van der Waals surface area contributed by atoms with E-state index in [2.05, 4.69) is 11.7 Å². The summed E-state index contributed by atoms with van der Waals surface area (Å²) in [4.78, 5) is 23.2. The molecule has 0 radical (unpaired) electrons. The van der Waals surface area contributed by atoms with Crippen LogP contribution in [0.1, 0.15) is 63.3 Å². The Hall–Kier alpha value is -2.34. The van der Waals surface area contributed by atoms with Crippen molar-refractivity contribution in [2.24, 2.45) is 0 Å². The summed E-state index contributed by atoms with van der Waals surface area (Å²) in [5.41, 5.74) is 1.63. The molecule has 142 valence electrons.